The number of amides is 1. The number of hydrogen-bond acceptors (Lipinski definition) is 4. The highest BCUT2D eigenvalue weighted by Crippen LogP contribution is 2.27. The number of aromatic hydroxyl groups is 1. The monoisotopic (exact) mass is 220 g/mol. The van der Waals surface area contributed by atoms with Crippen LogP contribution in [0.15, 0.2) is 18.2 Å². The lowest BCUT2D eigenvalue weighted by Gasteiger charge is -2.03. The standard InChI is InChI=1S/C10H8N2O4/c1-2-3-10(14)11-8-6-7(12(15)16)4-5-9(8)13/h4-6,13H,1H3,(H,11,14). The number of carbonyl (C=O) groups excluding carboxylic acids is 1. The van der Waals surface area contributed by atoms with Crippen molar-refractivity contribution in [2.24, 2.45) is 0 Å². The number of benzene rings is 1. The zero-order chi connectivity index (χ0) is 12.1. The van der Waals surface area contributed by atoms with Gasteiger partial charge >= 0.3 is 0 Å². The number of nitro groups is 1. The van der Waals surface area contributed by atoms with Crippen molar-refractivity contribution in [1.29, 1.82) is 0 Å². The molecule has 0 heterocycles. The molecule has 6 heteroatoms. The van der Waals surface area contributed by atoms with Crippen LogP contribution in [0, 0.1) is 22.0 Å². The number of carbonyl (C=O) groups is 1. The summed E-state index contributed by atoms with van der Waals surface area (Å²) in [5.41, 5.74) is -0.264. The average Bonchev–Trinajstić information content (AvgIpc) is 2.21. The SMILES string of the molecule is CC#CC(=O)Nc1cc([N+](=O)[O-])ccc1O. The van der Waals surface area contributed by atoms with Crippen molar-refractivity contribution >= 4 is 17.3 Å². The zero-order valence-corrected chi connectivity index (χ0v) is 8.35. The van der Waals surface area contributed by atoms with E-state index in [4.69, 9.17) is 0 Å². The topological polar surface area (TPSA) is 92.5 Å². The summed E-state index contributed by atoms with van der Waals surface area (Å²) in [7, 11) is 0. The van der Waals surface area contributed by atoms with Crippen LogP contribution in [0.2, 0.25) is 0 Å². The van der Waals surface area contributed by atoms with Crippen molar-refractivity contribution in [3.05, 3.63) is 28.3 Å². The van der Waals surface area contributed by atoms with E-state index in [2.05, 4.69) is 17.2 Å². The largest absolute Gasteiger partial charge is 0.506 e. The third kappa shape index (κ3) is 2.72. The maximum absolute atomic E-state index is 11.1. The molecule has 16 heavy (non-hydrogen) atoms. The minimum atomic E-state index is -0.640. The van der Waals surface area contributed by atoms with Gasteiger partial charge in [0.15, 0.2) is 0 Å². The molecular weight excluding hydrogens is 212 g/mol. The van der Waals surface area contributed by atoms with E-state index in [1.54, 1.807) is 0 Å². The predicted octanol–water partition coefficient (Wildman–Crippen LogP) is 1.26. The van der Waals surface area contributed by atoms with Crippen LogP contribution in [-0.4, -0.2) is 15.9 Å². The Morgan fingerprint density at radius 3 is 2.81 bits per heavy atom. The molecule has 0 saturated heterocycles. The smallest absolute Gasteiger partial charge is 0.300 e. The van der Waals surface area contributed by atoms with Crippen LogP contribution in [0.4, 0.5) is 11.4 Å². The summed E-state index contributed by atoms with van der Waals surface area (Å²) in [6.07, 6.45) is 0. The summed E-state index contributed by atoms with van der Waals surface area (Å²) in [6, 6.07) is 3.33. The molecule has 0 atom stereocenters. The Morgan fingerprint density at radius 2 is 2.25 bits per heavy atom. The van der Waals surface area contributed by atoms with Crippen molar-refractivity contribution in [1.82, 2.24) is 0 Å². The van der Waals surface area contributed by atoms with E-state index >= 15 is 0 Å². The second-order valence-electron chi connectivity index (χ2n) is 2.79. The van der Waals surface area contributed by atoms with Crippen molar-refractivity contribution in [2.45, 2.75) is 6.92 Å². The highest BCUT2D eigenvalue weighted by Gasteiger charge is 2.11. The highest BCUT2D eigenvalue weighted by molar-refractivity contribution is 6.04. The summed E-state index contributed by atoms with van der Waals surface area (Å²) in [6.45, 7) is 1.48. The molecule has 82 valence electrons. The van der Waals surface area contributed by atoms with Gasteiger partial charge in [0.25, 0.3) is 11.6 Å². The van der Waals surface area contributed by atoms with E-state index in [1.807, 2.05) is 0 Å². The molecule has 2 N–H and O–H groups in total. The first kappa shape index (κ1) is 11.5. The van der Waals surface area contributed by atoms with E-state index in [-0.39, 0.29) is 17.1 Å². The van der Waals surface area contributed by atoms with Crippen molar-refractivity contribution in [3.8, 4) is 17.6 Å². The Labute approximate surface area is 91.0 Å². The van der Waals surface area contributed by atoms with Gasteiger partial charge in [-0.1, -0.05) is 5.92 Å². The van der Waals surface area contributed by atoms with E-state index in [0.29, 0.717) is 0 Å². The first-order valence-electron chi connectivity index (χ1n) is 4.25. The van der Waals surface area contributed by atoms with E-state index in [9.17, 15) is 20.0 Å². The lowest BCUT2D eigenvalue weighted by Crippen LogP contribution is -2.08. The second kappa shape index (κ2) is 4.79. The Balaban J connectivity index is 3.01. The highest BCUT2D eigenvalue weighted by atomic mass is 16.6. The zero-order valence-electron chi connectivity index (χ0n) is 8.35. The number of nitrogens with one attached hydrogen (secondary N) is 1. The van der Waals surface area contributed by atoms with Crippen LogP contribution in [0.5, 0.6) is 5.75 Å². The lowest BCUT2D eigenvalue weighted by atomic mass is 10.2. The van der Waals surface area contributed by atoms with E-state index < -0.39 is 10.8 Å². The fourth-order valence-corrected chi connectivity index (χ4v) is 1.00. The van der Waals surface area contributed by atoms with Crippen molar-refractivity contribution in [3.63, 3.8) is 0 Å². The van der Waals surface area contributed by atoms with Crippen LogP contribution in [0.25, 0.3) is 0 Å². The Morgan fingerprint density at radius 1 is 1.56 bits per heavy atom. The number of phenolic OH excluding ortho intramolecular Hbond substituents is 1. The van der Waals surface area contributed by atoms with Gasteiger partial charge in [0.2, 0.25) is 0 Å². The third-order valence-electron chi connectivity index (χ3n) is 1.68. The molecule has 6 nitrogen and oxygen atoms in total. The summed E-state index contributed by atoms with van der Waals surface area (Å²) < 4.78 is 0. The molecule has 0 unspecified atom stereocenters. The van der Waals surface area contributed by atoms with Gasteiger partial charge < -0.3 is 10.4 Å². The quantitative estimate of drug-likeness (QED) is 0.339. The van der Waals surface area contributed by atoms with Crippen LogP contribution in [0.1, 0.15) is 6.92 Å². The molecule has 0 aliphatic carbocycles. The van der Waals surface area contributed by atoms with Crippen LogP contribution in [-0.2, 0) is 4.79 Å². The Hall–Kier alpha value is -2.55. The summed E-state index contributed by atoms with van der Waals surface area (Å²) >= 11 is 0. The van der Waals surface area contributed by atoms with E-state index in [0.717, 1.165) is 18.2 Å². The van der Waals surface area contributed by atoms with Gasteiger partial charge in [-0.25, -0.2) is 0 Å². The second-order valence-corrected chi connectivity index (χ2v) is 2.79. The van der Waals surface area contributed by atoms with Crippen LogP contribution < -0.4 is 5.32 Å². The summed E-state index contributed by atoms with van der Waals surface area (Å²) in [4.78, 5) is 20.9. The lowest BCUT2D eigenvalue weighted by molar-refractivity contribution is -0.384. The molecule has 0 spiro atoms. The number of hydrogen-bond donors (Lipinski definition) is 2. The summed E-state index contributed by atoms with van der Waals surface area (Å²) in [5, 5.41) is 22.0. The number of nitro benzene ring substituents is 1. The maximum Gasteiger partial charge on any atom is 0.300 e. The van der Waals surface area contributed by atoms with Gasteiger partial charge in [0.1, 0.15) is 5.75 Å². The molecular formula is C10H8N2O4. The minimum Gasteiger partial charge on any atom is -0.506 e. The maximum atomic E-state index is 11.1. The summed E-state index contributed by atoms with van der Waals surface area (Å²) in [5.74, 6) is 3.66. The van der Waals surface area contributed by atoms with Gasteiger partial charge in [-0.15, -0.1) is 0 Å². The third-order valence-corrected chi connectivity index (χ3v) is 1.68. The molecule has 0 fully saturated rings. The average molecular weight is 220 g/mol. The number of phenols is 1. The molecule has 1 aromatic carbocycles. The molecule has 0 saturated carbocycles. The van der Waals surface area contributed by atoms with E-state index in [1.165, 1.54) is 6.92 Å². The minimum absolute atomic E-state index is 0.0399. The van der Waals surface area contributed by atoms with Gasteiger partial charge in [-0.05, 0) is 18.9 Å². The normalized spacial score (nSPS) is 8.81. The Kier molecular flexibility index (Phi) is 3.45. The molecule has 0 aliphatic rings. The number of non-ortho nitro benzene ring substituents is 1. The van der Waals surface area contributed by atoms with Gasteiger partial charge in [0, 0.05) is 12.1 Å². The van der Waals surface area contributed by atoms with Crippen molar-refractivity contribution < 1.29 is 14.8 Å². The van der Waals surface area contributed by atoms with Gasteiger partial charge in [-0.2, -0.15) is 0 Å². The molecule has 0 bridgehead atoms. The van der Waals surface area contributed by atoms with Gasteiger partial charge in [0.05, 0.1) is 10.6 Å². The molecule has 1 aromatic rings. The van der Waals surface area contributed by atoms with Crippen molar-refractivity contribution in [2.75, 3.05) is 5.32 Å². The van der Waals surface area contributed by atoms with Crippen LogP contribution in [0.3, 0.4) is 0 Å². The first-order chi connectivity index (χ1) is 7.54. The molecule has 0 aromatic heterocycles. The number of anilines is 1. The Bertz CT molecular complexity index is 499. The molecule has 1 amide bonds. The fraction of sp³-hybridized carbons (Fsp3) is 0.100. The number of nitrogens with zero attached hydrogens (tertiary/aromatic N) is 1. The number of rotatable bonds is 2. The fourth-order valence-electron chi connectivity index (χ4n) is 1.00. The van der Waals surface area contributed by atoms with Gasteiger partial charge in [-0.3, -0.25) is 14.9 Å². The molecule has 0 radical (unpaired) electrons. The van der Waals surface area contributed by atoms with Crippen LogP contribution >= 0.6 is 0 Å². The predicted molar refractivity (Wildman–Crippen MR) is 56.8 cm³/mol. The first-order valence-corrected chi connectivity index (χ1v) is 4.25. The molecule has 1 rings (SSSR count). The molecule has 0 aliphatic heterocycles.